The van der Waals surface area contributed by atoms with Crippen LogP contribution in [0.4, 0.5) is 0 Å². The van der Waals surface area contributed by atoms with Crippen LogP contribution in [0.5, 0.6) is 0 Å². The van der Waals surface area contributed by atoms with Crippen molar-refractivity contribution in [2.45, 2.75) is 96.1 Å². The summed E-state index contributed by atoms with van der Waals surface area (Å²) in [6.45, 7) is 6.84. The Labute approximate surface area is 281 Å². The van der Waals surface area contributed by atoms with Gasteiger partial charge in [-0.2, -0.15) is 0 Å². The number of nitrogens with zero attached hydrogens (tertiary/aromatic N) is 1. The molecule has 7 atom stereocenters. The van der Waals surface area contributed by atoms with Gasteiger partial charge in [0, 0.05) is 13.0 Å². The lowest BCUT2D eigenvalue weighted by atomic mass is 9.97. The summed E-state index contributed by atoms with van der Waals surface area (Å²) in [7, 11) is 0. The highest BCUT2D eigenvalue weighted by atomic mass is 16.4. The number of amides is 5. The molecule has 0 aliphatic carbocycles. The second-order valence-corrected chi connectivity index (χ2v) is 12.4. The Morgan fingerprint density at radius 2 is 1.29 bits per heavy atom. The van der Waals surface area contributed by atoms with Gasteiger partial charge in [-0.15, -0.1) is 0 Å². The zero-order chi connectivity index (χ0) is 35.4. The number of carbonyl (C=O) groups excluding carboxylic acids is 5. The van der Waals surface area contributed by atoms with Gasteiger partial charge in [0.1, 0.15) is 30.2 Å². The normalized spacial score (nSPS) is 17.9. The van der Waals surface area contributed by atoms with Gasteiger partial charge in [-0.25, -0.2) is 4.79 Å². The second kappa shape index (κ2) is 17.9. The van der Waals surface area contributed by atoms with E-state index in [4.69, 9.17) is 5.73 Å². The largest absolute Gasteiger partial charge is 0.480 e. The Bertz CT molecular complexity index is 1420. The smallest absolute Gasteiger partial charge is 0.326 e. The summed E-state index contributed by atoms with van der Waals surface area (Å²) in [6.07, 6.45) is 1.84. The predicted octanol–water partition coefficient (Wildman–Crippen LogP) is 0.900. The second-order valence-electron chi connectivity index (χ2n) is 12.4. The number of benzene rings is 2. The number of nitrogens with two attached hydrogens (primary N) is 1. The Morgan fingerprint density at radius 1 is 0.771 bits per heavy atom. The van der Waals surface area contributed by atoms with E-state index < -0.39 is 71.8 Å². The molecule has 0 radical (unpaired) electrons. The molecule has 2 aromatic rings. The third-order valence-electron chi connectivity index (χ3n) is 8.65. The molecule has 260 valence electrons. The first-order chi connectivity index (χ1) is 22.8. The Morgan fingerprint density at radius 3 is 1.83 bits per heavy atom. The number of nitrogens with one attached hydrogen (secondary N) is 4. The van der Waals surface area contributed by atoms with Crippen molar-refractivity contribution < 1.29 is 33.9 Å². The van der Waals surface area contributed by atoms with Gasteiger partial charge in [0.05, 0.1) is 6.04 Å². The van der Waals surface area contributed by atoms with Crippen LogP contribution >= 0.6 is 0 Å². The minimum atomic E-state index is -1.10. The number of rotatable bonds is 16. The molecule has 48 heavy (non-hydrogen) atoms. The lowest BCUT2D eigenvalue weighted by Gasteiger charge is -2.29. The van der Waals surface area contributed by atoms with Gasteiger partial charge < -0.3 is 37.0 Å². The fourth-order valence-corrected chi connectivity index (χ4v) is 5.53. The van der Waals surface area contributed by atoms with E-state index in [0.29, 0.717) is 19.3 Å². The molecular weight excluding hydrogens is 616 g/mol. The number of aliphatic carboxylic acids is 1. The minimum absolute atomic E-state index is 0.124. The lowest BCUT2D eigenvalue weighted by molar-refractivity contribution is -0.149. The van der Waals surface area contributed by atoms with Crippen molar-refractivity contribution in [2.75, 3.05) is 6.54 Å². The topological polar surface area (TPSA) is 200 Å². The van der Waals surface area contributed by atoms with Crippen LogP contribution in [0.15, 0.2) is 60.7 Å². The molecule has 0 saturated carbocycles. The average molecular weight is 665 g/mol. The van der Waals surface area contributed by atoms with Crippen LogP contribution in [0.2, 0.25) is 0 Å². The van der Waals surface area contributed by atoms with E-state index in [1.54, 1.807) is 31.2 Å². The lowest BCUT2D eigenvalue weighted by Crippen LogP contribution is -2.59. The molecule has 0 aromatic heterocycles. The molecule has 1 fully saturated rings. The predicted molar refractivity (Wildman–Crippen MR) is 179 cm³/mol. The monoisotopic (exact) mass is 664 g/mol. The number of carbonyl (C=O) groups is 6. The van der Waals surface area contributed by atoms with E-state index in [0.717, 1.165) is 11.1 Å². The van der Waals surface area contributed by atoms with Crippen molar-refractivity contribution in [3.63, 3.8) is 0 Å². The van der Waals surface area contributed by atoms with E-state index >= 15 is 0 Å². The number of likely N-dealkylation sites (tertiary alicyclic amines) is 1. The number of carboxylic acid groups (broad SMARTS) is 1. The molecule has 1 aliphatic heterocycles. The van der Waals surface area contributed by atoms with Crippen molar-refractivity contribution in [3.8, 4) is 0 Å². The van der Waals surface area contributed by atoms with Gasteiger partial charge in [0.25, 0.3) is 0 Å². The highest BCUT2D eigenvalue weighted by Crippen LogP contribution is 2.20. The molecule has 2 aromatic carbocycles. The minimum Gasteiger partial charge on any atom is -0.480 e. The Kier molecular flexibility index (Phi) is 14.1. The van der Waals surface area contributed by atoms with Gasteiger partial charge in [-0.3, -0.25) is 24.0 Å². The number of hydrogen-bond acceptors (Lipinski definition) is 7. The summed E-state index contributed by atoms with van der Waals surface area (Å²) in [5, 5.41) is 20.2. The van der Waals surface area contributed by atoms with E-state index in [-0.39, 0.29) is 25.3 Å². The molecule has 5 amide bonds. The first-order valence-electron chi connectivity index (χ1n) is 16.4. The van der Waals surface area contributed by atoms with Gasteiger partial charge in [-0.1, -0.05) is 80.9 Å². The van der Waals surface area contributed by atoms with Gasteiger partial charge in [0.15, 0.2) is 0 Å². The van der Waals surface area contributed by atoms with Crippen molar-refractivity contribution >= 4 is 35.5 Å². The molecule has 3 rings (SSSR count). The summed E-state index contributed by atoms with van der Waals surface area (Å²) in [5.41, 5.74) is 7.77. The van der Waals surface area contributed by atoms with E-state index in [1.807, 2.05) is 43.3 Å². The molecular formula is C35H48N6O7. The zero-order valence-corrected chi connectivity index (χ0v) is 28.0. The fourth-order valence-electron chi connectivity index (χ4n) is 5.53. The fraction of sp³-hybridized carbons (Fsp3) is 0.486. The van der Waals surface area contributed by atoms with E-state index in [2.05, 4.69) is 21.3 Å². The van der Waals surface area contributed by atoms with Crippen LogP contribution < -0.4 is 27.0 Å². The summed E-state index contributed by atoms with van der Waals surface area (Å²) < 4.78 is 0. The maximum Gasteiger partial charge on any atom is 0.326 e. The van der Waals surface area contributed by atoms with Crippen molar-refractivity contribution in [1.29, 1.82) is 0 Å². The third-order valence-corrected chi connectivity index (χ3v) is 8.65. The van der Waals surface area contributed by atoms with Crippen molar-refractivity contribution in [1.82, 2.24) is 26.2 Å². The highest BCUT2D eigenvalue weighted by molar-refractivity contribution is 5.96. The van der Waals surface area contributed by atoms with Gasteiger partial charge in [-0.05, 0) is 50.2 Å². The maximum absolute atomic E-state index is 13.5. The number of carboxylic acids is 1. The molecule has 13 heteroatoms. The van der Waals surface area contributed by atoms with Crippen LogP contribution in [0.25, 0.3) is 0 Å². The summed E-state index contributed by atoms with van der Waals surface area (Å²) in [6, 6.07) is 12.2. The molecule has 1 unspecified atom stereocenters. The molecule has 1 heterocycles. The summed E-state index contributed by atoms with van der Waals surface area (Å²) >= 11 is 0. The van der Waals surface area contributed by atoms with Crippen molar-refractivity contribution in [3.05, 3.63) is 71.8 Å². The molecule has 13 nitrogen and oxygen atoms in total. The average Bonchev–Trinajstić information content (AvgIpc) is 3.57. The standard InChI is InChI=1S/C35H48N6O7/c1-5-21(2)29(40-32(44)26(36)19-24-13-8-6-9-14-24)33(45)38-22(3)30(42)37-23(4)31(43)39-27(20-25-15-10-7-11-16-25)34(46)41-18-12-17-28(41)35(47)48/h6-11,13-16,21-23,26-29H,5,12,17-20,36H2,1-4H3,(H,37,42)(H,38,45)(H,39,43)(H,40,44)(H,47,48)/t21?,22-,23+,26-,27-,28+,29+/m1/s1. The maximum atomic E-state index is 13.5. The van der Waals surface area contributed by atoms with E-state index in [9.17, 15) is 33.9 Å². The Balaban J connectivity index is 1.61. The quantitative estimate of drug-likeness (QED) is 0.152. The van der Waals surface area contributed by atoms with Crippen LogP contribution in [0.1, 0.15) is 58.1 Å². The molecule has 0 spiro atoms. The van der Waals surface area contributed by atoms with Crippen LogP contribution in [0, 0.1) is 5.92 Å². The van der Waals surface area contributed by atoms with Gasteiger partial charge in [0.2, 0.25) is 29.5 Å². The van der Waals surface area contributed by atoms with Crippen molar-refractivity contribution in [2.24, 2.45) is 11.7 Å². The SMILES string of the molecule is CCC(C)[C@H](NC(=O)[C@H](N)Cc1ccccc1)C(=O)N[C@H](C)C(=O)N[C@@H](C)C(=O)N[C@H](Cc1ccccc1)C(=O)N1CCC[C@H]1C(=O)O. The van der Waals surface area contributed by atoms with Crippen LogP contribution in [-0.4, -0.2) is 88.3 Å². The summed E-state index contributed by atoms with van der Waals surface area (Å²) in [4.78, 5) is 79.0. The molecule has 0 bridgehead atoms. The first kappa shape index (κ1) is 37.7. The first-order valence-corrected chi connectivity index (χ1v) is 16.4. The highest BCUT2D eigenvalue weighted by Gasteiger charge is 2.38. The number of hydrogen-bond donors (Lipinski definition) is 6. The van der Waals surface area contributed by atoms with Crippen LogP contribution in [-0.2, 0) is 41.6 Å². The van der Waals surface area contributed by atoms with Gasteiger partial charge >= 0.3 is 5.97 Å². The Hall–Kier alpha value is -4.78. The zero-order valence-electron chi connectivity index (χ0n) is 28.0. The molecule has 1 aliphatic rings. The molecule has 1 saturated heterocycles. The van der Waals surface area contributed by atoms with E-state index in [1.165, 1.54) is 18.7 Å². The van der Waals surface area contributed by atoms with Crippen LogP contribution in [0.3, 0.4) is 0 Å². The molecule has 7 N–H and O–H groups in total. The summed E-state index contributed by atoms with van der Waals surface area (Å²) in [5.74, 6) is -4.27. The third kappa shape index (κ3) is 10.6.